The Kier molecular flexibility index (Phi) is 2.68. The molecule has 94 valence electrons. The molecule has 19 heavy (non-hydrogen) atoms. The van der Waals surface area contributed by atoms with Crippen molar-refractivity contribution in [3.63, 3.8) is 0 Å². The summed E-state index contributed by atoms with van der Waals surface area (Å²) in [7, 11) is 1.80. The molecule has 0 amide bonds. The van der Waals surface area contributed by atoms with Gasteiger partial charge in [-0.25, -0.2) is 14.8 Å². The molecule has 0 atom stereocenters. The van der Waals surface area contributed by atoms with Crippen LogP contribution in [0.2, 0.25) is 0 Å². The van der Waals surface area contributed by atoms with Crippen molar-refractivity contribution >= 4 is 16.9 Å². The summed E-state index contributed by atoms with van der Waals surface area (Å²) in [6, 6.07) is 7.53. The Morgan fingerprint density at radius 2 is 1.95 bits per heavy atom. The van der Waals surface area contributed by atoms with E-state index in [4.69, 9.17) is 4.74 Å². The SMILES string of the molecule is Cn1nc(OC(=O)c2cncnc2)c2ccccc21. The Morgan fingerprint density at radius 3 is 2.74 bits per heavy atom. The van der Waals surface area contributed by atoms with Crippen LogP contribution in [0.25, 0.3) is 10.9 Å². The highest BCUT2D eigenvalue weighted by molar-refractivity contribution is 5.93. The van der Waals surface area contributed by atoms with Crippen LogP contribution in [0.5, 0.6) is 5.88 Å². The van der Waals surface area contributed by atoms with Crippen LogP contribution in [0.3, 0.4) is 0 Å². The fourth-order valence-corrected chi connectivity index (χ4v) is 1.81. The molecule has 2 heterocycles. The second-order valence-electron chi connectivity index (χ2n) is 3.96. The molecule has 0 radical (unpaired) electrons. The second-order valence-corrected chi connectivity index (χ2v) is 3.96. The van der Waals surface area contributed by atoms with E-state index in [9.17, 15) is 4.79 Å². The van der Waals surface area contributed by atoms with Gasteiger partial charge in [-0.3, -0.25) is 4.68 Å². The number of hydrogen-bond donors (Lipinski definition) is 0. The van der Waals surface area contributed by atoms with Crippen molar-refractivity contribution in [1.82, 2.24) is 19.7 Å². The number of esters is 1. The molecule has 2 aromatic heterocycles. The number of nitrogens with zero attached hydrogens (tertiary/aromatic N) is 4. The number of hydrogen-bond acceptors (Lipinski definition) is 5. The first kappa shape index (κ1) is 11.3. The zero-order valence-electron chi connectivity index (χ0n) is 10.1. The quantitative estimate of drug-likeness (QED) is 0.649. The third-order valence-electron chi connectivity index (χ3n) is 2.71. The molecule has 0 aliphatic rings. The first-order chi connectivity index (χ1) is 9.25. The summed E-state index contributed by atoms with van der Waals surface area (Å²) < 4.78 is 6.95. The Bertz CT molecular complexity index is 737. The van der Waals surface area contributed by atoms with E-state index < -0.39 is 5.97 Å². The second kappa shape index (κ2) is 4.49. The lowest BCUT2D eigenvalue weighted by atomic mass is 10.2. The van der Waals surface area contributed by atoms with Crippen molar-refractivity contribution in [3.8, 4) is 5.88 Å². The molecular weight excluding hydrogens is 244 g/mol. The Morgan fingerprint density at radius 1 is 1.21 bits per heavy atom. The van der Waals surface area contributed by atoms with Gasteiger partial charge in [0.2, 0.25) is 5.88 Å². The summed E-state index contributed by atoms with van der Waals surface area (Å²) in [5, 5.41) is 4.98. The lowest BCUT2D eigenvalue weighted by molar-refractivity contribution is 0.0728. The van der Waals surface area contributed by atoms with E-state index in [-0.39, 0.29) is 11.4 Å². The molecule has 3 rings (SSSR count). The predicted molar refractivity (Wildman–Crippen MR) is 67.7 cm³/mol. The van der Waals surface area contributed by atoms with Crippen LogP contribution in [0.1, 0.15) is 10.4 Å². The number of aryl methyl sites for hydroxylation is 1. The van der Waals surface area contributed by atoms with E-state index in [1.54, 1.807) is 11.7 Å². The summed E-state index contributed by atoms with van der Waals surface area (Å²) >= 11 is 0. The molecule has 0 unspecified atom stereocenters. The summed E-state index contributed by atoms with van der Waals surface area (Å²) in [5.41, 5.74) is 1.19. The lowest BCUT2D eigenvalue weighted by Crippen LogP contribution is -2.09. The summed E-state index contributed by atoms with van der Waals surface area (Å²) in [6.07, 6.45) is 4.16. The lowest BCUT2D eigenvalue weighted by Gasteiger charge is -2.00. The smallest absolute Gasteiger partial charge is 0.348 e. The van der Waals surface area contributed by atoms with Gasteiger partial charge >= 0.3 is 5.97 Å². The van der Waals surface area contributed by atoms with Gasteiger partial charge in [0, 0.05) is 19.4 Å². The van der Waals surface area contributed by atoms with Crippen molar-refractivity contribution in [3.05, 3.63) is 48.5 Å². The van der Waals surface area contributed by atoms with Crippen molar-refractivity contribution < 1.29 is 9.53 Å². The molecule has 6 heteroatoms. The van der Waals surface area contributed by atoms with Crippen LogP contribution in [0.15, 0.2) is 43.0 Å². The number of fused-ring (bicyclic) bond motifs is 1. The van der Waals surface area contributed by atoms with E-state index in [0.29, 0.717) is 0 Å². The molecule has 1 aromatic carbocycles. The van der Waals surface area contributed by atoms with Gasteiger partial charge < -0.3 is 4.74 Å². The Labute approximate surface area is 108 Å². The van der Waals surface area contributed by atoms with E-state index in [0.717, 1.165) is 10.9 Å². The number of ether oxygens (including phenoxy) is 1. The summed E-state index contributed by atoms with van der Waals surface area (Å²) in [5.74, 6) is -0.239. The van der Waals surface area contributed by atoms with Gasteiger partial charge in [0.05, 0.1) is 16.5 Å². The summed E-state index contributed by atoms with van der Waals surface area (Å²) in [6.45, 7) is 0. The van der Waals surface area contributed by atoms with Crippen LogP contribution >= 0.6 is 0 Å². The van der Waals surface area contributed by atoms with Crippen molar-refractivity contribution in [2.24, 2.45) is 7.05 Å². The fraction of sp³-hybridized carbons (Fsp3) is 0.0769. The average molecular weight is 254 g/mol. The van der Waals surface area contributed by atoms with Gasteiger partial charge in [-0.05, 0) is 12.1 Å². The van der Waals surface area contributed by atoms with Crippen molar-refractivity contribution in [2.45, 2.75) is 0 Å². The first-order valence-corrected chi connectivity index (χ1v) is 5.64. The maximum atomic E-state index is 11.9. The number of carbonyl (C=O) groups is 1. The molecule has 3 aromatic rings. The van der Waals surface area contributed by atoms with Gasteiger partial charge in [-0.2, -0.15) is 0 Å². The number of para-hydroxylation sites is 1. The highest BCUT2D eigenvalue weighted by Gasteiger charge is 2.15. The maximum absolute atomic E-state index is 11.9. The molecule has 0 bridgehead atoms. The minimum absolute atomic E-state index is 0.284. The topological polar surface area (TPSA) is 69.9 Å². The van der Waals surface area contributed by atoms with Gasteiger partial charge in [0.1, 0.15) is 6.33 Å². The van der Waals surface area contributed by atoms with E-state index >= 15 is 0 Å². The predicted octanol–water partition coefficient (Wildman–Crippen LogP) is 1.58. The van der Waals surface area contributed by atoms with Crippen molar-refractivity contribution in [1.29, 1.82) is 0 Å². The molecule has 0 saturated heterocycles. The van der Waals surface area contributed by atoms with E-state index in [2.05, 4.69) is 15.1 Å². The van der Waals surface area contributed by atoms with Gasteiger partial charge in [0.15, 0.2) is 0 Å². The number of carbonyl (C=O) groups excluding carboxylic acids is 1. The molecule has 0 aliphatic carbocycles. The third kappa shape index (κ3) is 2.03. The number of aromatic nitrogens is 4. The standard InChI is InChI=1S/C13H10N4O2/c1-17-11-5-3-2-4-10(11)12(16-17)19-13(18)9-6-14-8-15-7-9/h2-8H,1H3. The molecule has 0 spiro atoms. The molecule has 0 saturated carbocycles. The minimum Gasteiger partial charge on any atom is -0.401 e. The average Bonchev–Trinajstić information content (AvgIpc) is 2.77. The van der Waals surface area contributed by atoms with Crippen LogP contribution in [0.4, 0.5) is 0 Å². The Balaban J connectivity index is 1.96. The van der Waals surface area contributed by atoms with Crippen LogP contribution in [-0.4, -0.2) is 25.7 Å². The van der Waals surface area contributed by atoms with Gasteiger partial charge in [0.25, 0.3) is 0 Å². The fourth-order valence-electron chi connectivity index (χ4n) is 1.81. The maximum Gasteiger partial charge on any atom is 0.348 e. The largest absolute Gasteiger partial charge is 0.401 e. The van der Waals surface area contributed by atoms with Crippen LogP contribution in [0, 0.1) is 0 Å². The zero-order valence-corrected chi connectivity index (χ0v) is 10.1. The molecular formula is C13H10N4O2. The molecule has 6 nitrogen and oxygen atoms in total. The summed E-state index contributed by atoms with van der Waals surface area (Å²) in [4.78, 5) is 19.5. The Hall–Kier alpha value is -2.76. The van der Waals surface area contributed by atoms with Crippen LogP contribution in [-0.2, 0) is 7.05 Å². The first-order valence-electron chi connectivity index (χ1n) is 5.64. The minimum atomic E-state index is -0.524. The highest BCUT2D eigenvalue weighted by atomic mass is 16.5. The molecule has 0 N–H and O–H groups in total. The molecule has 0 aliphatic heterocycles. The van der Waals surface area contributed by atoms with E-state index in [1.807, 2.05) is 24.3 Å². The van der Waals surface area contributed by atoms with Gasteiger partial charge in [-0.1, -0.05) is 12.1 Å². The zero-order chi connectivity index (χ0) is 13.2. The highest BCUT2D eigenvalue weighted by Crippen LogP contribution is 2.24. The number of benzene rings is 1. The normalized spacial score (nSPS) is 10.6. The molecule has 0 fully saturated rings. The number of rotatable bonds is 2. The van der Waals surface area contributed by atoms with Gasteiger partial charge in [-0.15, -0.1) is 5.10 Å². The van der Waals surface area contributed by atoms with Crippen LogP contribution < -0.4 is 4.74 Å². The van der Waals surface area contributed by atoms with E-state index in [1.165, 1.54) is 18.7 Å². The third-order valence-corrected chi connectivity index (χ3v) is 2.71. The van der Waals surface area contributed by atoms with Crippen molar-refractivity contribution in [2.75, 3.05) is 0 Å². The monoisotopic (exact) mass is 254 g/mol.